The van der Waals surface area contributed by atoms with E-state index in [1.165, 1.54) is 38.6 Å². The molecule has 0 unspecified atom stereocenters. The van der Waals surface area contributed by atoms with E-state index in [2.05, 4.69) is 205 Å². The lowest BCUT2D eigenvalue weighted by molar-refractivity contribution is 0.670. The highest BCUT2D eigenvalue weighted by Gasteiger charge is 2.21. The summed E-state index contributed by atoms with van der Waals surface area (Å²) < 4.78 is 6.59. The minimum absolute atomic E-state index is 0.892. The zero-order chi connectivity index (χ0) is 35.8. The van der Waals surface area contributed by atoms with E-state index in [1.807, 2.05) is 12.1 Å². The molecule has 54 heavy (non-hydrogen) atoms. The number of rotatable bonds is 7. The molecule has 0 atom stereocenters. The zero-order valence-electron chi connectivity index (χ0n) is 29.6. The van der Waals surface area contributed by atoms with Gasteiger partial charge in [0.05, 0.1) is 5.69 Å². The van der Waals surface area contributed by atoms with Crippen LogP contribution in [0.15, 0.2) is 217 Å². The van der Waals surface area contributed by atoms with Crippen LogP contribution in [0.2, 0.25) is 0 Å². The molecule has 254 valence electrons. The monoisotopic (exact) mass is 689 g/mol. The van der Waals surface area contributed by atoms with E-state index in [0.717, 1.165) is 55.7 Å². The normalized spacial score (nSPS) is 11.3. The van der Waals surface area contributed by atoms with Gasteiger partial charge >= 0.3 is 0 Å². The second kappa shape index (κ2) is 13.4. The van der Waals surface area contributed by atoms with Gasteiger partial charge in [0, 0.05) is 33.3 Å². The largest absolute Gasteiger partial charge is 0.455 e. The third kappa shape index (κ3) is 5.53. The van der Waals surface area contributed by atoms with Crippen LogP contribution in [-0.2, 0) is 0 Å². The second-order valence-electron chi connectivity index (χ2n) is 13.7. The van der Waals surface area contributed by atoms with Crippen molar-refractivity contribution in [1.82, 2.24) is 0 Å². The molecular formula is C52H35NO. The van der Waals surface area contributed by atoms with Gasteiger partial charge < -0.3 is 9.32 Å². The summed E-state index contributed by atoms with van der Waals surface area (Å²) >= 11 is 0. The van der Waals surface area contributed by atoms with Crippen molar-refractivity contribution < 1.29 is 4.42 Å². The smallest absolute Gasteiger partial charge is 0.143 e. The third-order valence-electron chi connectivity index (χ3n) is 10.5. The lowest BCUT2D eigenvalue weighted by Crippen LogP contribution is -2.11. The van der Waals surface area contributed by atoms with E-state index in [-0.39, 0.29) is 0 Å². The molecular weight excluding hydrogens is 655 g/mol. The molecule has 0 radical (unpaired) electrons. The first-order valence-electron chi connectivity index (χ1n) is 18.4. The topological polar surface area (TPSA) is 16.4 Å². The van der Waals surface area contributed by atoms with Gasteiger partial charge in [0.15, 0.2) is 0 Å². The van der Waals surface area contributed by atoms with Gasteiger partial charge in [-0.2, -0.15) is 0 Å². The Balaban J connectivity index is 1.17. The SMILES string of the molecule is c1ccc(-c2ccc(N(c3cccc(-c4ccccc4-c4cccc5ccccc45)c3)c3ccccc3-c3cccc4c3oc3ccccc34)cc2)cc1. The number of benzene rings is 9. The number of nitrogens with zero attached hydrogens (tertiary/aromatic N) is 1. The van der Waals surface area contributed by atoms with Crippen molar-refractivity contribution in [2.45, 2.75) is 0 Å². The molecule has 1 heterocycles. The number of furan rings is 1. The fourth-order valence-corrected chi connectivity index (χ4v) is 7.96. The summed E-state index contributed by atoms with van der Waals surface area (Å²) in [6, 6.07) is 75.8. The van der Waals surface area contributed by atoms with Crippen molar-refractivity contribution in [3.8, 4) is 44.5 Å². The van der Waals surface area contributed by atoms with Gasteiger partial charge in [-0.1, -0.05) is 176 Å². The summed E-state index contributed by atoms with van der Waals surface area (Å²) in [4.78, 5) is 2.38. The van der Waals surface area contributed by atoms with Crippen LogP contribution in [0.25, 0.3) is 77.2 Å². The highest BCUT2D eigenvalue weighted by atomic mass is 16.3. The number of fused-ring (bicyclic) bond motifs is 4. The number of anilines is 3. The molecule has 10 rings (SSSR count). The molecule has 2 heteroatoms. The Bertz CT molecular complexity index is 2930. The van der Waals surface area contributed by atoms with Crippen LogP contribution in [0.4, 0.5) is 17.1 Å². The van der Waals surface area contributed by atoms with Gasteiger partial charge in [-0.3, -0.25) is 0 Å². The predicted octanol–water partition coefficient (Wildman–Crippen LogP) is 14.9. The van der Waals surface area contributed by atoms with Gasteiger partial charge in [-0.05, 0) is 80.6 Å². The molecule has 0 amide bonds. The van der Waals surface area contributed by atoms with Crippen LogP contribution in [0.5, 0.6) is 0 Å². The molecule has 0 aliphatic carbocycles. The minimum atomic E-state index is 0.892. The van der Waals surface area contributed by atoms with Crippen molar-refractivity contribution in [3.05, 3.63) is 212 Å². The van der Waals surface area contributed by atoms with Crippen molar-refractivity contribution in [2.75, 3.05) is 4.90 Å². The molecule has 2 nitrogen and oxygen atoms in total. The van der Waals surface area contributed by atoms with Crippen LogP contribution >= 0.6 is 0 Å². The summed E-state index contributed by atoms with van der Waals surface area (Å²) in [6.07, 6.45) is 0. The third-order valence-corrected chi connectivity index (χ3v) is 10.5. The first kappa shape index (κ1) is 31.6. The molecule has 0 N–H and O–H groups in total. The average molecular weight is 690 g/mol. The summed E-state index contributed by atoms with van der Waals surface area (Å²) in [5, 5.41) is 4.72. The van der Waals surface area contributed by atoms with E-state index in [9.17, 15) is 0 Å². The van der Waals surface area contributed by atoms with Gasteiger partial charge in [0.25, 0.3) is 0 Å². The molecule has 0 bridgehead atoms. The maximum Gasteiger partial charge on any atom is 0.143 e. The van der Waals surface area contributed by atoms with Crippen LogP contribution in [-0.4, -0.2) is 0 Å². The predicted molar refractivity (Wildman–Crippen MR) is 228 cm³/mol. The molecule has 9 aromatic carbocycles. The highest BCUT2D eigenvalue weighted by molar-refractivity contribution is 6.11. The molecule has 0 saturated carbocycles. The van der Waals surface area contributed by atoms with Gasteiger partial charge in [-0.25, -0.2) is 0 Å². The molecule has 0 aliphatic rings. The first-order valence-corrected chi connectivity index (χ1v) is 18.4. The number of hydrogen-bond acceptors (Lipinski definition) is 2. The second-order valence-corrected chi connectivity index (χ2v) is 13.7. The molecule has 0 aliphatic heterocycles. The van der Waals surface area contributed by atoms with Crippen LogP contribution in [0.3, 0.4) is 0 Å². The van der Waals surface area contributed by atoms with Crippen molar-refractivity contribution >= 4 is 49.8 Å². The Labute approximate surface area is 314 Å². The number of para-hydroxylation sites is 3. The summed E-state index contributed by atoms with van der Waals surface area (Å²) in [5.74, 6) is 0. The Morgan fingerprint density at radius 3 is 1.76 bits per heavy atom. The summed E-state index contributed by atoms with van der Waals surface area (Å²) in [7, 11) is 0. The molecule has 1 aromatic heterocycles. The van der Waals surface area contributed by atoms with E-state index in [1.54, 1.807) is 0 Å². The Morgan fingerprint density at radius 2 is 0.889 bits per heavy atom. The Hall–Kier alpha value is -7.16. The lowest BCUT2D eigenvalue weighted by Gasteiger charge is -2.28. The first-order chi connectivity index (χ1) is 26.8. The molecule has 10 aromatic rings. The fourth-order valence-electron chi connectivity index (χ4n) is 7.96. The van der Waals surface area contributed by atoms with Crippen molar-refractivity contribution in [1.29, 1.82) is 0 Å². The fraction of sp³-hybridized carbons (Fsp3) is 0. The zero-order valence-corrected chi connectivity index (χ0v) is 29.6. The Kier molecular flexibility index (Phi) is 7.85. The minimum Gasteiger partial charge on any atom is -0.455 e. The van der Waals surface area contributed by atoms with E-state index >= 15 is 0 Å². The van der Waals surface area contributed by atoms with Crippen LogP contribution in [0.1, 0.15) is 0 Å². The molecule has 0 saturated heterocycles. The van der Waals surface area contributed by atoms with Gasteiger partial charge in [0.2, 0.25) is 0 Å². The van der Waals surface area contributed by atoms with Crippen molar-refractivity contribution in [2.24, 2.45) is 0 Å². The lowest BCUT2D eigenvalue weighted by atomic mass is 9.91. The number of hydrogen-bond donors (Lipinski definition) is 0. The quantitative estimate of drug-likeness (QED) is 0.166. The average Bonchev–Trinajstić information content (AvgIpc) is 3.64. The Morgan fingerprint density at radius 1 is 0.315 bits per heavy atom. The summed E-state index contributed by atoms with van der Waals surface area (Å²) in [6.45, 7) is 0. The van der Waals surface area contributed by atoms with E-state index < -0.39 is 0 Å². The standard InChI is InChI=1S/C52H35NO/c1-2-15-36(16-3-1)37-31-33-40(34-32-37)53(50-29-10-8-24-46(50)48-27-14-28-49-47-25-9-11-30-51(47)54-52(48)49)41-20-12-19-39(35-41)43-22-6-7-23-44(43)45-26-13-18-38-17-4-5-21-42(38)45/h1-35H. The molecule has 0 spiro atoms. The van der Waals surface area contributed by atoms with Gasteiger partial charge in [0.1, 0.15) is 11.2 Å². The van der Waals surface area contributed by atoms with Crippen molar-refractivity contribution in [3.63, 3.8) is 0 Å². The van der Waals surface area contributed by atoms with E-state index in [0.29, 0.717) is 0 Å². The van der Waals surface area contributed by atoms with Crippen LogP contribution in [0, 0.1) is 0 Å². The van der Waals surface area contributed by atoms with Crippen LogP contribution < -0.4 is 4.90 Å². The highest BCUT2D eigenvalue weighted by Crippen LogP contribution is 2.46. The maximum absolute atomic E-state index is 6.59. The summed E-state index contributed by atoms with van der Waals surface area (Å²) in [5.41, 5.74) is 14.3. The van der Waals surface area contributed by atoms with E-state index in [4.69, 9.17) is 4.42 Å². The van der Waals surface area contributed by atoms with Gasteiger partial charge in [-0.15, -0.1) is 0 Å². The maximum atomic E-state index is 6.59. The molecule has 0 fully saturated rings.